The van der Waals surface area contributed by atoms with Gasteiger partial charge < -0.3 is 0 Å². The Labute approximate surface area is 85.8 Å². The van der Waals surface area contributed by atoms with E-state index in [9.17, 15) is 4.79 Å². The van der Waals surface area contributed by atoms with E-state index in [0.29, 0.717) is 12.2 Å². The van der Waals surface area contributed by atoms with Gasteiger partial charge >= 0.3 is 0 Å². The van der Waals surface area contributed by atoms with Crippen molar-refractivity contribution in [2.24, 2.45) is 0 Å². The first-order valence-electron chi connectivity index (χ1n) is 4.87. The Balaban J connectivity index is 3.21. The molecule has 0 rings (SSSR count). The molecular weight excluding hydrogens is 178 g/mol. The van der Waals surface area contributed by atoms with Gasteiger partial charge in [0.05, 0.1) is 6.61 Å². The molecule has 0 aromatic heterocycles. The quantitative estimate of drug-likeness (QED) is 0.294. The van der Waals surface area contributed by atoms with Crippen molar-refractivity contribution in [2.75, 3.05) is 6.61 Å². The van der Waals surface area contributed by atoms with Crippen molar-refractivity contribution >= 4 is 5.91 Å². The summed E-state index contributed by atoms with van der Waals surface area (Å²) in [7, 11) is 0. The molecular formula is C11H19NO2. The van der Waals surface area contributed by atoms with E-state index in [1.165, 1.54) is 0 Å². The Morgan fingerprint density at radius 1 is 1.50 bits per heavy atom. The number of allylic oxidation sites excluding steroid dienone is 2. The van der Waals surface area contributed by atoms with Crippen LogP contribution >= 0.6 is 0 Å². The van der Waals surface area contributed by atoms with Crippen LogP contribution < -0.4 is 5.48 Å². The summed E-state index contributed by atoms with van der Waals surface area (Å²) in [6, 6.07) is 0. The van der Waals surface area contributed by atoms with Gasteiger partial charge in [-0.2, -0.15) is 0 Å². The highest BCUT2D eigenvalue weighted by molar-refractivity contribution is 5.91. The van der Waals surface area contributed by atoms with E-state index in [-0.39, 0.29) is 5.91 Å². The van der Waals surface area contributed by atoms with Crippen LogP contribution in [0, 0.1) is 0 Å². The molecule has 0 atom stereocenters. The molecule has 14 heavy (non-hydrogen) atoms. The summed E-state index contributed by atoms with van der Waals surface area (Å²) >= 11 is 0. The van der Waals surface area contributed by atoms with Crippen LogP contribution in [0.3, 0.4) is 0 Å². The third kappa shape index (κ3) is 7.55. The standard InChI is InChI=1S/C11H19NO2/c1-4-5-6-7-8-9-14-12-11(13)10(2)3/h4-5H,2,6-9H2,1,3H3,(H,12,13)/b5-4+. The maximum atomic E-state index is 10.9. The number of hydrogen-bond acceptors (Lipinski definition) is 2. The van der Waals surface area contributed by atoms with Crippen molar-refractivity contribution in [3.8, 4) is 0 Å². The van der Waals surface area contributed by atoms with E-state index < -0.39 is 0 Å². The molecule has 0 spiro atoms. The number of hydroxylamine groups is 1. The van der Waals surface area contributed by atoms with Gasteiger partial charge in [0.2, 0.25) is 0 Å². The molecule has 1 amide bonds. The fourth-order valence-electron chi connectivity index (χ4n) is 0.807. The maximum Gasteiger partial charge on any atom is 0.269 e. The zero-order valence-corrected chi connectivity index (χ0v) is 9.01. The molecule has 0 saturated heterocycles. The smallest absolute Gasteiger partial charge is 0.269 e. The maximum absolute atomic E-state index is 10.9. The lowest BCUT2D eigenvalue weighted by molar-refractivity contribution is -0.129. The molecule has 3 nitrogen and oxygen atoms in total. The molecule has 0 radical (unpaired) electrons. The van der Waals surface area contributed by atoms with Crippen LogP contribution in [0.2, 0.25) is 0 Å². The lowest BCUT2D eigenvalue weighted by Gasteiger charge is -2.04. The fourth-order valence-corrected chi connectivity index (χ4v) is 0.807. The molecule has 0 aromatic rings. The van der Waals surface area contributed by atoms with Gasteiger partial charge in [0.15, 0.2) is 0 Å². The number of carbonyl (C=O) groups is 1. The minimum absolute atomic E-state index is 0.251. The summed E-state index contributed by atoms with van der Waals surface area (Å²) < 4.78 is 0. The molecule has 0 aliphatic rings. The molecule has 0 bridgehead atoms. The average Bonchev–Trinajstić information content (AvgIpc) is 2.16. The van der Waals surface area contributed by atoms with Crippen LogP contribution in [0.25, 0.3) is 0 Å². The van der Waals surface area contributed by atoms with Crippen molar-refractivity contribution < 1.29 is 9.63 Å². The summed E-state index contributed by atoms with van der Waals surface area (Å²) in [5, 5.41) is 0. The molecule has 0 aromatic carbocycles. The number of rotatable bonds is 7. The second-order valence-corrected chi connectivity index (χ2v) is 3.12. The first-order chi connectivity index (χ1) is 6.68. The molecule has 0 aliphatic carbocycles. The highest BCUT2D eigenvalue weighted by atomic mass is 16.6. The van der Waals surface area contributed by atoms with Crippen molar-refractivity contribution in [1.29, 1.82) is 0 Å². The minimum Gasteiger partial charge on any atom is -0.273 e. The summed E-state index contributed by atoms with van der Waals surface area (Å²) in [5.41, 5.74) is 2.77. The molecule has 0 unspecified atom stereocenters. The third-order valence-corrected chi connectivity index (χ3v) is 1.66. The van der Waals surface area contributed by atoms with Crippen molar-refractivity contribution in [3.63, 3.8) is 0 Å². The Bertz CT molecular complexity index is 209. The van der Waals surface area contributed by atoms with E-state index in [0.717, 1.165) is 19.3 Å². The predicted molar refractivity (Wildman–Crippen MR) is 57.6 cm³/mol. The van der Waals surface area contributed by atoms with Crippen LogP contribution in [-0.2, 0) is 9.63 Å². The van der Waals surface area contributed by atoms with E-state index in [2.05, 4.69) is 18.1 Å². The SMILES string of the molecule is C=C(C)C(=O)NOCCCC/C=C/C. The molecule has 3 heteroatoms. The van der Waals surface area contributed by atoms with Gasteiger partial charge in [-0.1, -0.05) is 18.7 Å². The van der Waals surface area contributed by atoms with Gasteiger partial charge in [0.25, 0.3) is 5.91 Å². The number of amides is 1. The molecule has 1 N–H and O–H groups in total. The Kier molecular flexibility index (Phi) is 7.84. The highest BCUT2D eigenvalue weighted by Gasteiger charge is 1.99. The normalized spacial score (nSPS) is 10.4. The van der Waals surface area contributed by atoms with E-state index in [4.69, 9.17) is 4.84 Å². The minimum atomic E-state index is -0.251. The van der Waals surface area contributed by atoms with Crippen LogP contribution in [0.15, 0.2) is 24.3 Å². The van der Waals surface area contributed by atoms with Crippen molar-refractivity contribution in [2.45, 2.75) is 33.1 Å². The lowest BCUT2D eigenvalue weighted by atomic mass is 10.2. The van der Waals surface area contributed by atoms with Crippen LogP contribution in [0.4, 0.5) is 0 Å². The highest BCUT2D eigenvalue weighted by Crippen LogP contribution is 1.96. The molecule has 80 valence electrons. The third-order valence-electron chi connectivity index (χ3n) is 1.66. The largest absolute Gasteiger partial charge is 0.273 e. The zero-order valence-electron chi connectivity index (χ0n) is 9.01. The number of hydrogen-bond donors (Lipinski definition) is 1. The van der Waals surface area contributed by atoms with E-state index in [1.54, 1.807) is 6.92 Å². The summed E-state index contributed by atoms with van der Waals surface area (Å²) in [6.45, 7) is 7.69. The van der Waals surface area contributed by atoms with Crippen LogP contribution in [0.1, 0.15) is 33.1 Å². The molecule has 0 fully saturated rings. The Hall–Kier alpha value is -1.09. The summed E-state index contributed by atoms with van der Waals surface area (Å²) in [6.07, 6.45) is 7.23. The first-order valence-corrected chi connectivity index (χ1v) is 4.87. The van der Waals surface area contributed by atoms with Gasteiger partial charge in [-0.15, -0.1) is 0 Å². The zero-order chi connectivity index (χ0) is 10.8. The second kappa shape index (κ2) is 8.51. The summed E-state index contributed by atoms with van der Waals surface area (Å²) in [4.78, 5) is 15.9. The topological polar surface area (TPSA) is 38.3 Å². The average molecular weight is 197 g/mol. The number of carbonyl (C=O) groups excluding carboxylic acids is 1. The van der Waals surface area contributed by atoms with E-state index in [1.807, 2.05) is 13.0 Å². The van der Waals surface area contributed by atoms with Crippen LogP contribution in [0.5, 0.6) is 0 Å². The van der Waals surface area contributed by atoms with Gasteiger partial charge in [-0.3, -0.25) is 9.63 Å². The lowest BCUT2D eigenvalue weighted by Crippen LogP contribution is -2.24. The molecule has 0 heterocycles. The Morgan fingerprint density at radius 3 is 2.79 bits per heavy atom. The second-order valence-electron chi connectivity index (χ2n) is 3.12. The summed E-state index contributed by atoms with van der Waals surface area (Å²) in [5.74, 6) is -0.251. The van der Waals surface area contributed by atoms with Gasteiger partial charge in [-0.05, 0) is 33.1 Å². The fraction of sp³-hybridized carbons (Fsp3) is 0.545. The first kappa shape index (κ1) is 12.9. The Morgan fingerprint density at radius 2 is 2.21 bits per heavy atom. The van der Waals surface area contributed by atoms with Crippen LogP contribution in [-0.4, -0.2) is 12.5 Å². The predicted octanol–water partition coefficient (Wildman–Crippen LogP) is 2.36. The molecule has 0 saturated carbocycles. The monoisotopic (exact) mass is 197 g/mol. The van der Waals surface area contributed by atoms with Crippen molar-refractivity contribution in [3.05, 3.63) is 24.3 Å². The molecule has 0 aliphatic heterocycles. The van der Waals surface area contributed by atoms with Gasteiger partial charge in [0, 0.05) is 5.57 Å². The van der Waals surface area contributed by atoms with Gasteiger partial charge in [-0.25, -0.2) is 5.48 Å². The van der Waals surface area contributed by atoms with E-state index >= 15 is 0 Å². The van der Waals surface area contributed by atoms with Crippen molar-refractivity contribution in [1.82, 2.24) is 5.48 Å². The van der Waals surface area contributed by atoms with Gasteiger partial charge in [0.1, 0.15) is 0 Å². The number of nitrogens with one attached hydrogen (secondary N) is 1. The number of unbranched alkanes of at least 4 members (excludes halogenated alkanes) is 2.